The molecule has 0 bridgehead atoms. The quantitative estimate of drug-likeness (QED) is 0.465. The largest absolute Gasteiger partial charge is 0.377 e. The Morgan fingerprint density at radius 1 is 1.24 bits per heavy atom. The van der Waals surface area contributed by atoms with Crippen LogP contribution in [-0.4, -0.2) is 56.7 Å². The Kier molecular flexibility index (Phi) is 4.24. The topological polar surface area (TPSA) is 101 Å². The molecule has 168 valence electrons. The van der Waals surface area contributed by atoms with E-state index in [1.165, 1.54) is 12.1 Å². The molecule has 6 rings (SSSR count). The summed E-state index contributed by atoms with van der Waals surface area (Å²) in [6.07, 6.45) is 3.23. The molecule has 5 heterocycles. The Morgan fingerprint density at radius 3 is 2.91 bits per heavy atom. The molecule has 3 aromatic heterocycles. The Balaban J connectivity index is 1.63. The number of hydrogen-bond acceptors (Lipinski definition) is 6. The van der Waals surface area contributed by atoms with Crippen molar-refractivity contribution in [3.05, 3.63) is 53.9 Å². The maximum Gasteiger partial charge on any atom is 0.353 e. The highest BCUT2D eigenvalue weighted by molar-refractivity contribution is 6.08. The van der Waals surface area contributed by atoms with E-state index >= 15 is 0 Å². The van der Waals surface area contributed by atoms with E-state index < -0.39 is 12.0 Å². The van der Waals surface area contributed by atoms with Crippen LogP contribution in [-0.2, 0) is 10.8 Å². The average molecular weight is 451 g/mol. The fraction of sp³-hybridized carbons (Fsp3) is 0.273. The van der Waals surface area contributed by atoms with Crippen molar-refractivity contribution >= 4 is 22.8 Å². The Morgan fingerprint density at radius 2 is 2.12 bits per heavy atom. The summed E-state index contributed by atoms with van der Waals surface area (Å²) < 4.78 is 36.0. The minimum atomic E-state index is -3.42. The van der Waals surface area contributed by atoms with Crippen LogP contribution in [0.25, 0.3) is 28.0 Å². The van der Waals surface area contributed by atoms with Crippen molar-refractivity contribution in [2.45, 2.75) is 19.0 Å². The lowest BCUT2D eigenvalue weighted by Crippen LogP contribution is -2.44. The number of rotatable bonds is 3. The van der Waals surface area contributed by atoms with Crippen molar-refractivity contribution in [2.24, 2.45) is 0 Å². The summed E-state index contributed by atoms with van der Waals surface area (Å²) in [4.78, 5) is 19.5. The van der Waals surface area contributed by atoms with Crippen LogP contribution in [0, 0.1) is 0 Å². The number of carbonyl (C=O) groups excluding carboxylic acids is 1. The van der Waals surface area contributed by atoms with Gasteiger partial charge in [-0.15, -0.1) is 0 Å². The second-order valence-corrected chi connectivity index (χ2v) is 8.14. The first-order valence-corrected chi connectivity index (χ1v) is 10.5. The van der Waals surface area contributed by atoms with E-state index in [0.717, 1.165) is 0 Å². The van der Waals surface area contributed by atoms with Crippen molar-refractivity contribution in [1.82, 2.24) is 30.3 Å². The zero-order valence-electron chi connectivity index (χ0n) is 17.5. The average Bonchev–Trinajstić information content (AvgIpc) is 3.52. The summed E-state index contributed by atoms with van der Waals surface area (Å²) in [7, 11) is 0. The van der Waals surface area contributed by atoms with Crippen molar-refractivity contribution in [1.29, 1.82) is 0 Å². The van der Waals surface area contributed by atoms with Gasteiger partial charge in [-0.25, -0.2) is 4.98 Å². The SMILES string of the molecule is C[C@@H]1COCCN1c1cc(-c2cccc3c2C(=O)NC3(F)F)c2cnn(-c3ccn[nH]3)c2n1. The lowest BCUT2D eigenvalue weighted by atomic mass is 9.95. The second-order valence-electron chi connectivity index (χ2n) is 8.14. The van der Waals surface area contributed by atoms with Gasteiger partial charge < -0.3 is 9.64 Å². The summed E-state index contributed by atoms with van der Waals surface area (Å²) >= 11 is 0. The van der Waals surface area contributed by atoms with Crippen LogP contribution in [0.5, 0.6) is 0 Å². The van der Waals surface area contributed by atoms with Crippen LogP contribution in [0.1, 0.15) is 22.8 Å². The van der Waals surface area contributed by atoms with Crippen LogP contribution in [0.15, 0.2) is 42.7 Å². The van der Waals surface area contributed by atoms with Gasteiger partial charge in [0.05, 0.1) is 42.8 Å². The molecule has 9 nitrogen and oxygen atoms in total. The number of H-pyrrole nitrogens is 1. The fourth-order valence-corrected chi connectivity index (χ4v) is 4.52. The summed E-state index contributed by atoms with van der Waals surface area (Å²) in [5.41, 5.74) is 1.15. The highest BCUT2D eigenvalue weighted by Gasteiger charge is 2.45. The molecule has 2 N–H and O–H groups in total. The van der Waals surface area contributed by atoms with Crippen molar-refractivity contribution in [2.75, 3.05) is 24.7 Å². The lowest BCUT2D eigenvalue weighted by Gasteiger charge is -2.34. The van der Waals surface area contributed by atoms with Gasteiger partial charge in [0.25, 0.3) is 5.91 Å². The molecule has 1 atom stereocenters. The smallest absolute Gasteiger partial charge is 0.353 e. The highest BCUT2D eigenvalue weighted by atomic mass is 19.3. The number of anilines is 1. The number of benzene rings is 1. The first-order chi connectivity index (χ1) is 15.9. The van der Waals surface area contributed by atoms with E-state index in [-0.39, 0.29) is 17.2 Å². The van der Waals surface area contributed by atoms with E-state index in [4.69, 9.17) is 9.72 Å². The third-order valence-electron chi connectivity index (χ3n) is 6.09. The number of fused-ring (bicyclic) bond motifs is 2. The molecule has 0 spiro atoms. The number of aromatic nitrogens is 5. The van der Waals surface area contributed by atoms with Gasteiger partial charge in [-0.3, -0.25) is 15.2 Å². The minimum Gasteiger partial charge on any atom is -0.377 e. The Hall–Kier alpha value is -3.86. The zero-order chi connectivity index (χ0) is 22.7. The van der Waals surface area contributed by atoms with Crippen molar-refractivity contribution < 1.29 is 18.3 Å². The number of aromatic amines is 1. The van der Waals surface area contributed by atoms with Crippen molar-refractivity contribution in [3.63, 3.8) is 0 Å². The Bertz CT molecular complexity index is 1380. The molecule has 33 heavy (non-hydrogen) atoms. The first kappa shape index (κ1) is 19.8. The predicted molar refractivity (Wildman–Crippen MR) is 115 cm³/mol. The second kappa shape index (κ2) is 7.07. The molecule has 0 saturated carbocycles. The van der Waals surface area contributed by atoms with E-state index in [9.17, 15) is 13.6 Å². The van der Waals surface area contributed by atoms with Gasteiger partial charge in [0, 0.05) is 18.0 Å². The molecule has 0 radical (unpaired) electrons. The summed E-state index contributed by atoms with van der Waals surface area (Å²) in [5, 5.41) is 13.7. The zero-order valence-corrected chi connectivity index (χ0v) is 17.5. The number of hydrogen-bond donors (Lipinski definition) is 2. The number of morpholine rings is 1. The molecule has 1 aromatic carbocycles. The third kappa shape index (κ3) is 2.99. The van der Waals surface area contributed by atoms with Gasteiger partial charge in [-0.1, -0.05) is 18.2 Å². The number of carbonyl (C=O) groups is 1. The van der Waals surface area contributed by atoms with Crippen LogP contribution in [0.3, 0.4) is 0 Å². The summed E-state index contributed by atoms with van der Waals surface area (Å²) in [6.45, 7) is 3.76. The predicted octanol–water partition coefficient (Wildman–Crippen LogP) is 2.83. The molecular formula is C22H19F2N7O2. The molecule has 1 saturated heterocycles. The molecule has 0 aliphatic carbocycles. The number of nitrogens with one attached hydrogen (secondary N) is 2. The monoisotopic (exact) mass is 451 g/mol. The number of halogens is 2. The molecule has 4 aromatic rings. The van der Waals surface area contributed by atoms with Gasteiger partial charge in [0.15, 0.2) is 11.5 Å². The van der Waals surface area contributed by atoms with Crippen LogP contribution < -0.4 is 10.2 Å². The molecule has 2 aliphatic heterocycles. The maximum absolute atomic E-state index is 14.4. The first-order valence-electron chi connectivity index (χ1n) is 10.5. The van der Waals surface area contributed by atoms with E-state index in [2.05, 4.69) is 20.2 Å². The van der Waals surface area contributed by atoms with Gasteiger partial charge >= 0.3 is 6.05 Å². The molecule has 2 aliphatic rings. The number of nitrogens with zero attached hydrogens (tertiary/aromatic N) is 5. The van der Waals surface area contributed by atoms with Gasteiger partial charge in [0.2, 0.25) is 0 Å². The van der Waals surface area contributed by atoms with E-state index in [0.29, 0.717) is 53.6 Å². The number of ether oxygens (including phenoxy) is 1. The molecule has 11 heteroatoms. The number of alkyl halides is 2. The van der Waals surface area contributed by atoms with E-state index in [1.54, 1.807) is 34.5 Å². The lowest BCUT2D eigenvalue weighted by molar-refractivity contribution is -0.0241. The van der Waals surface area contributed by atoms with Crippen LogP contribution in [0.4, 0.5) is 14.6 Å². The minimum absolute atomic E-state index is 0.0368. The molecule has 0 unspecified atom stereocenters. The van der Waals surface area contributed by atoms with Gasteiger partial charge in [-0.2, -0.15) is 23.7 Å². The maximum atomic E-state index is 14.4. The van der Waals surface area contributed by atoms with E-state index in [1.807, 2.05) is 13.0 Å². The van der Waals surface area contributed by atoms with Crippen LogP contribution >= 0.6 is 0 Å². The number of amides is 1. The summed E-state index contributed by atoms with van der Waals surface area (Å²) in [5.74, 6) is 0.452. The van der Waals surface area contributed by atoms with Crippen LogP contribution in [0.2, 0.25) is 0 Å². The molecule has 1 fully saturated rings. The number of pyridine rings is 1. The molecular weight excluding hydrogens is 432 g/mol. The Labute approximate surface area is 186 Å². The molecule has 1 amide bonds. The third-order valence-corrected chi connectivity index (χ3v) is 6.09. The summed E-state index contributed by atoms with van der Waals surface area (Å²) in [6, 6.07) is 4.72. The highest BCUT2D eigenvalue weighted by Crippen LogP contribution is 2.41. The standard InChI is InChI=1S/C22H19F2N7O2/c1-12-11-33-8-7-30(12)18-9-14(13-3-2-4-16-19(13)21(32)28-22(16,23)24)15-10-26-31(20(15)27-18)17-5-6-25-29-17/h2-6,9-10,12H,7-8,11H2,1H3,(H,25,29)(H,28,32)/t12-/m1/s1. The van der Waals surface area contributed by atoms with Crippen molar-refractivity contribution in [3.8, 4) is 16.9 Å². The fourth-order valence-electron chi connectivity index (χ4n) is 4.52. The van der Waals surface area contributed by atoms with Gasteiger partial charge in [0.1, 0.15) is 5.82 Å². The van der Waals surface area contributed by atoms with Gasteiger partial charge in [-0.05, 0) is 24.1 Å². The normalized spacial score (nSPS) is 19.7.